The van der Waals surface area contributed by atoms with Crippen molar-refractivity contribution < 1.29 is 4.79 Å². The first-order valence-electron chi connectivity index (χ1n) is 7.07. The predicted molar refractivity (Wildman–Crippen MR) is 91.5 cm³/mol. The Morgan fingerprint density at radius 2 is 2.24 bits per heavy atom. The number of amides is 1. The van der Waals surface area contributed by atoms with Gasteiger partial charge in [-0.25, -0.2) is 0 Å². The maximum Gasteiger partial charge on any atom is 0.224 e. The Balaban J connectivity index is 0.00000200. The molecule has 0 aliphatic carbocycles. The van der Waals surface area contributed by atoms with E-state index in [2.05, 4.69) is 22.5 Å². The Bertz CT molecular complexity index is 437. The lowest BCUT2D eigenvalue weighted by atomic mass is 9.85. The molecule has 1 aliphatic heterocycles. The molecule has 0 bridgehead atoms. The largest absolute Gasteiger partial charge is 0.325 e. The van der Waals surface area contributed by atoms with Crippen LogP contribution in [0, 0.1) is 18.8 Å². The number of hydrogen-bond donors (Lipinski definition) is 2. The first kappa shape index (κ1) is 20.2. The topological polar surface area (TPSA) is 54.0 Å². The number of piperidine rings is 1. The highest BCUT2D eigenvalue weighted by Gasteiger charge is 2.21. The lowest BCUT2D eigenvalue weighted by Gasteiger charge is -2.28. The van der Waals surface area contributed by atoms with Gasteiger partial charge in [0.1, 0.15) is 0 Å². The molecular weight excluding hydrogens is 309 g/mol. The van der Waals surface area contributed by atoms with Gasteiger partial charge in [0, 0.05) is 12.6 Å². The summed E-state index contributed by atoms with van der Waals surface area (Å²) in [7, 11) is 0. The fraction of sp³-hybridized carbons (Fsp3) is 0.600. The van der Waals surface area contributed by atoms with Crippen LogP contribution in [0.2, 0.25) is 0 Å². The van der Waals surface area contributed by atoms with Crippen LogP contribution >= 0.6 is 24.8 Å². The molecule has 2 N–H and O–H groups in total. The third kappa shape index (κ3) is 6.64. The number of aromatic nitrogens is 1. The zero-order valence-corrected chi connectivity index (χ0v) is 14.2. The first-order valence-corrected chi connectivity index (χ1v) is 7.07. The molecule has 0 radical (unpaired) electrons. The van der Waals surface area contributed by atoms with Crippen molar-refractivity contribution in [1.82, 2.24) is 10.3 Å². The number of carbonyl (C=O) groups is 1. The molecule has 120 valence electrons. The number of nitrogens with one attached hydrogen (secondary N) is 2. The molecular formula is C15H25Cl2N3O. The molecule has 1 aromatic heterocycles. The Labute approximate surface area is 139 Å². The summed E-state index contributed by atoms with van der Waals surface area (Å²) in [5.74, 6) is 1.13. The number of anilines is 1. The molecule has 0 saturated carbocycles. The number of pyridine rings is 1. The minimum Gasteiger partial charge on any atom is -0.325 e. The van der Waals surface area contributed by atoms with E-state index in [0.29, 0.717) is 18.3 Å². The highest BCUT2D eigenvalue weighted by atomic mass is 35.5. The van der Waals surface area contributed by atoms with Crippen molar-refractivity contribution in [3.05, 3.63) is 24.0 Å². The van der Waals surface area contributed by atoms with Crippen LogP contribution in [0.15, 0.2) is 18.5 Å². The first-order chi connectivity index (χ1) is 9.15. The lowest BCUT2D eigenvalue weighted by Crippen LogP contribution is -2.34. The summed E-state index contributed by atoms with van der Waals surface area (Å²) in [5, 5.41) is 6.34. The summed E-state index contributed by atoms with van der Waals surface area (Å²) >= 11 is 0. The molecule has 21 heavy (non-hydrogen) atoms. The van der Waals surface area contributed by atoms with Crippen molar-refractivity contribution in [2.75, 3.05) is 18.4 Å². The van der Waals surface area contributed by atoms with Crippen molar-refractivity contribution >= 4 is 36.4 Å². The van der Waals surface area contributed by atoms with Gasteiger partial charge in [0.15, 0.2) is 0 Å². The van der Waals surface area contributed by atoms with Crippen molar-refractivity contribution in [3.8, 4) is 0 Å². The Morgan fingerprint density at radius 3 is 2.86 bits per heavy atom. The number of nitrogens with zero attached hydrogens (tertiary/aromatic N) is 1. The quantitative estimate of drug-likeness (QED) is 0.889. The summed E-state index contributed by atoms with van der Waals surface area (Å²) in [6.07, 6.45) is 6.51. The van der Waals surface area contributed by atoms with Gasteiger partial charge >= 0.3 is 0 Å². The average molecular weight is 334 g/mol. The molecule has 4 nitrogen and oxygen atoms in total. The van der Waals surface area contributed by atoms with E-state index in [-0.39, 0.29) is 30.7 Å². The average Bonchev–Trinajstić information content (AvgIpc) is 2.39. The SMILES string of the molecule is Cc1cncc(NC(=O)CC(C)C2CCCNC2)c1.Cl.Cl. The normalized spacial score (nSPS) is 18.9. The zero-order valence-electron chi connectivity index (χ0n) is 12.6. The van der Waals surface area contributed by atoms with Gasteiger partial charge in [-0.2, -0.15) is 0 Å². The van der Waals surface area contributed by atoms with Crippen LogP contribution in [0.4, 0.5) is 5.69 Å². The van der Waals surface area contributed by atoms with Gasteiger partial charge < -0.3 is 10.6 Å². The third-order valence-corrected chi connectivity index (χ3v) is 3.81. The van der Waals surface area contributed by atoms with E-state index in [4.69, 9.17) is 0 Å². The Kier molecular flexibility index (Phi) is 9.58. The molecule has 1 amide bonds. The second-order valence-corrected chi connectivity index (χ2v) is 5.59. The monoisotopic (exact) mass is 333 g/mol. The fourth-order valence-corrected chi connectivity index (χ4v) is 2.66. The Morgan fingerprint density at radius 1 is 1.48 bits per heavy atom. The highest BCUT2D eigenvalue weighted by molar-refractivity contribution is 5.90. The van der Waals surface area contributed by atoms with E-state index in [1.54, 1.807) is 12.4 Å². The fourth-order valence-electron chi connectivity index (χ4n) is 2.66. The van der Waals surface area contributed by atoms with Crippen LogP contribution in [-0.4, -0.2) is 24.0 Å². The van der Waals surface area contributed by atoms with Crippen LogP contribution in [0.1, 0.15) is 31.7 Å². The van der Waals surface area contributed by atoms with Gasteiger partial charge in [-0.15, -0.1) is 24.8 Å². The number of halogens is 2. The highest BCUT2D eigenvalue weighted by Crippen LogP contribution is 2.23. The molecule has 6 heteroatoms. The number of carbonyl (C=O) groups excluding carboxylic acids is 1. The van der Waals surface area contributed by atoms with Crippen LogP contribution < -0.4 is 10.6 Å². The van der Waals surface area contributed by atoms with E-state index < -0.39 is 0 Å². The molecule has 2 heterocycles. The van der Waals surface area contributed by atoms with Gasteiger partial charge in [-0.3, -0.25) is 9.78 Å². The maximum absolute atomic E-state index is 12.0. The number of aryl methyl sites for hydroxylation is 1. The summed E-state index contributed by atoms with van der Waals surface area (Å²) in [6, 6.07) is 1.94. The van der Waals surface area contributed by atoms with E-state index in [1.807, 2.05) is 13.0 Å². The van der Waals surface area contributed by atoms with Crippen LogP contribution in [-0.2, 0) is 4.79 Å². The van der Waals surface area contributed by atoms with Gasteiger partial charge in [0.05, 0.1) is 11.9 Å². The second-order valence-electron chi connectivity index (χ2n) is 5.59. The van der Waals surface area contributed by atoms with Crippen LogP contribution in [0.5, 0.6) is 0 Å². The predicted octanol–water partition coefficient (Wildman–Crippen LogP) is 3.20. The molecule has 0 aromatic carbocycles. The Hall–Kier alpha value is -0.840. The molecule has 2 atom stereocenters. The van der Waals surface area contributed by atoms with Gasteiger partial charge in [-0.1, -0.05) is 6.92 Å². The lowest BCUT2D eigenvalue weighted by molar-refractivity contribution is -0.117. The molecule has 1 aromatic rings. The summed E-state index contributed by atoms with van der Waals surface area (Å²) in [6.45, 7) is 6.30. The summed E-state index contributed by atoms with van der Waals surface area (Å²) in [4.78, 5) is 16.1. The molecule has 1 saturated heterocycles. The van der Waals surface area contributed by atoms with E-state index in [1.165, 1.54) is 12.8 Å². The van der Waals surface area contributed by atoms with Crippen LogP contribution in [0.25, 0.3) is 0 Å². The van der Waals surface area contributed by atoms with Crippen molar-refractivity contribution in [2.24, 2.45) is 11.8 Å². The molecule has 1 fully saturated rings. The van der Waals surface area contributed by atoms with Crippen molar-refractivity contribution in [1.29, 1.82) is 0 Å². The molecule has 0 spiro atoms. The molecule has 2 unspecified atom stereocenters. The summed E-state index contributed by atoms with van der Waals surface area (Å²) < 4.78 is 0. The second kappa shape index (κ2) is 9.98. The van der Waals surface area contributed by atoms with E-state index >= 15 is 0 Å². The number of hydrogen-bond acceptors (Lipinski definition) is 3. The number of rotatable bonds is 4. The van der Waals surface area contributed by atoms with Gasteiger partial charge in [-0.05, 0) is 56.3 Å². The minimum absolute atomic E-state index is 0. The minimum atomic E-state index is 0. The smallest absolute Gasteiger partial charge is 0.224 e. The third-order valence-electron chi connectivity index (χ3n) is 3.81. The standard InChI is InChI=1S/C15H23N3O.2ClH/c1-11-6-14(10-17-8-11)18-15(19)7-12(2)13-4-3-5-16-9-13;;/h6,8,10,12-13,16H,3-5,7,9H2,1-2H3,(H,18,19);2*1H. The molecule has 1 aliphatic rings. The van der Waals surface area contributed by atoms with Gasteiger partial charge in [0.25, 0.3) is 0 Å². The van der Waals surface area contributed by atoms with Crippen molar-refractivity contribution in [3.63, 3.8) is 0 Å². The van der Waals surface area contributed by atoms with E-state index in [9.17, 15) is 4.79 Å². The van der Waals surface area contributed by atoms with E-state index in [0.717, 1.165) is 24.3 Å². The summed E-state index contributed by atoms with van der Waals surface area (Å²) in [5.41, 5.74) is 1.85. The van der Waals surface area contributed by atoms with Gasteiger partial charge in [0.2, 0.25) is 5.91 Å². The maximum atomic E-state index is 12.0. The van der Waals surface area contributed by atoms with Crippen LogP contribution in [0.3, 0.4) is 0 Å². The zero-order chi connectivity index (χ0) is 13.7. The van der Waals surface area contributed by atoms with Crippen molar-refractivity contribution in [2.45, 2.75) is 33.1 Å². The molecule has 2 rings (SSSR count).